The molecule has 2 aliphatic rings. The molecule has 11 heteroatoms. The number of para-hydroxylation sites is 1. The molecule has 35 heavy (non-hydrogen) atoms. The van der Waals surface area contributed by atoms with E-state index in [1.165, 1.54) is 12.0 Å². The van der Waals surface area contributed by atoms with Crippen LogP contribution in [0.3, 0.4) is 0 Å². The molecule has 3 amide bonds. The summed E-state index contributed by atoms with van der Waals surface area (Å²) in [6.07, 6.45) is 0.286. The van der Waals surface area contributed by atoms with Gasteiger partial charge in [-0.05, 0) is 18.2 Å². The van der Waals surface area contributed by atoms with Crippen molar-refractivity contribution < 1.29 is 29.1 Å². The highest BCUT2D eigenvalue weighted by Crippen LogP contribution is 2.29. The number of carbonyl (C=O) groups is 3. The van der Waals surface area contributed by atoms with Gasteiger partial charge in [0.15, 0.2) is 0 Å². The van der Waals surface area contributed by atoms with Gasteiger partial charge >= 0.3 is 6.09 Å². The van der Waals surface area contributed by atoms with Crippen LogP contribution in [0.1, 0.15) is 6.42 Å². The summed E-state index contributed by atoms with van der Waals surface area (Å²) in [6, 6.07) is 13.9. The summed E-state index contributed by atoms with van der Waals surface area (Å²) in [5.74, 6) is -1.85. The maximum Gasteiger partial charge on any atom is 0.410 e. The van der Waals surface area contributed by atoms with Gasteiger partial charge in [0, 0.05) is 50.6 Å². The second-order valence-electron chi connectivity index (χ2n) is 8.44. The first-order chi connectivity index (χ1) is 17.0. The minimum Gasteiger partial charge on any atom is -0.472 e. The molecule has 0 saturated carbocycles. The van der Waals surface area contributed by atoms with Gasteiger partial charge in [-0.3, -0.25) is 19.7 Å². The number of ether oxygens (including phenoxy) is 2. The van der Waals surface area contributed by atoms with E-state index in [-0.39, 0.29) is 18.9 Å². The Bertz CT molecular complexity index is 990. The lowest BCUT2D eigenvalue weighted by Crippen LogP contribution is -2.64. The lowest BCUT2D eigenvalue weighted by Gasteiger charge is -2.44. The number of pyridine rings is 1. The smallest absolute Gasteiger partial charge is 0.410 e. The Kier molecular flexibility index (Phi) is 7.66. The average molecular weight is 484 g/mol. The number of aromatic nitrogens is 1. The second kappa shape index (κ2) is 11.0. The standard InChI is InChI=1S/C24H29N5O6/c1-34-24(32)29-16-18(35-20-9-5-6-10-25-20)15-19(22(30)26-33)21(29)23(31)28-13-11-27(12-14-28)17-7-3-2-4-8-17/h2-10,18-19,21,33H,11-16H2,1H3,(H,26,30)/t18-,19-,21-/m0/s1. The molecule has 2 saturated heterocycles. The number of piperidine rings is 1. The van der Waals surface area contributed by atoms with Crippen molar-refractivity contribution in [2.24, 2.45) is 5.92 Å². The maximum absolute atomic E-state index is 13.7. The van der Waals surface area contributed by atoms with Gasteiger partial charge < -0.3 is 19.3 Å². The highest BCUT2D eigenvalue weighted by molar-refractivity contribution is 5.92. The third-order valence-electron chi connectivity index (χ3n) is 6.38. The molecule has 2 aliphatic heterocycles. The molecule has 2 fully saturated rings. The number of rotatable bonds is 5. The number of hydrogen-bond donors (Lipinski definition) is 2. The van der Waals surface area contributed by atoms with Gasteiger partial charge in [-0.15, -0.1) is 0 Å². The highest BCUT2D eigenvalue weighted by atomic mass is 16.5. The largest absolute Gasteiger partial charge is 0.472 e. The zero-order chi connectivity index (χ0) is 24.8. The summed E-state index contributed by atoms with van der Waals surface area (Å²) in [4.78, 5) is 48.2. The van der Waals surface area contributed by atoms with E-state index in [0.29, 0.717) is 32.1 Å². The number of carbonyl (C=O) groups excluding carboxylic acids is 3. The first-order valence-electron chi connectivity index (χ1n) is 11.5. The number of hydrogen-bond acceptors (Lipinski definition) is 8. The quantitative estimate of drug-likeness (QED) is 0.479. The molecule has 0 bridgehead atoms. The lowest BCUT2D eigenvalue weighted by atomic mass is 9.86. The molecule has 11 nitrogen and oxygen atoms in total. The Hall–Kier alpha value is -3.86. The lowest BCUT2D eigenvalue weighted by molar-refractivity contribution is -0.151. The van der Waals surface area contributed by atoms with E-state index in [9.17, 15) is 19.6 Å². The number of piperazine rings is 1. The zero-order valence-electron chi connectivity index (χ0n) is 19.4. The molecule has 3 atom stereocenters. The summed E-state index contributed by atoms with van der Waals surface area (Å²) in [5.41, 5.74) is 2.71. The first-order valence-corrected chi connectivity index (χ1v) is 11.5. The zero-order valence-corrected chi connectivity index (χ0v) is 19.4. The average Bonchev–Trinajstić information content (AvgIpc) is 2.92. The van der Waals surface area contributed by atoms with Crippen LogP contribution in [0.5, 0.6) is 5.88 Å². The minimum atomic E-state index is -1.14. The number of likely N-dealkylation sites (tertiary alicyclic amines) is 1. The van der Waals surface area contributed by atoms with E-state index in [1.54, 1.807) is 34.8 Å². The molecule has 4 rings (SSSR count). The van der Waals surface area contributed by atoms with Gasteiger partial charge in [0.1, 0.15) is 12.1 Å². The van der Waals surface area contributed by atoms with Crippen LogP contribution in [0.15, 0.2) is 54.7 Å². The third-order valence-corrected chi connectivity index (χ3v) is 6.38. The fourth-order valence-electron chi connectivity index (χ4n) is 4.66. The Morgan fingerprint density at radius 2 is 1.74 bits per heavy atom. The predicted octanol–water partition coefficient (Wildman–Crippen LogP) is 1.14. The van der Waals surface area contributed by atoms with E-state index < -0.39 is 30.1 Å². The number of hydroxylamine groups is 1. The van der Waals surface area contributed by atoms with Gasteiger partial charge in [0.2, 0.25) is 17.7 Å². The number of methoxy groups -OCH3 is 1. The molecule has 0 spiro atoms. The summed E-state index contributed by atoms with van der Waals surface area (Å²) in [7, 11) is 1.22. The van der Waals surface area contributed by atoms with Crippen LogP contribution in [-0.4, -0.2) is 89.9 Å². The van der Waals surface area contributed by atoms with Crippen molar-refractivity contribution >= 4 is 23.6 Å². The topological polar surface area (TPSA) is 125 Å². The fourth-order valence-corrected chi connectivity index (χ4v) is 4.66. The monoisotopic (exact) mass is 483 g/mol. The molecule has 0 aliphatic carbocycles. The van der Waals surface area contributed by atoms with Crippen LogP contribution >= 0.6 is 0 Å². The molecular weight excluding hydrogens is 454 g/mol. The second-order valence-corrected chi connectivity index (χ2v) is 8.44. The SMILES string of the molecule is COC(=O)N1C[C@@H](Oc2ccccn2)C[C@H](C(=O)NO)[C@H]1C(=O)N1CCN(c2ccccc2)CC1. The molecule has 2 N–H and O–H groups in total. The van der Waals surface area contributed by atoms with Crippen LogP contribution in [-0.2, 0) is 14.3 Å². The predicted molar refractivity (Wildman–Crippen MR) is 125 cm³/mol. The van der Waals surface area contributed by atoms with Crippen molar-refractivity contribution in [1.82, 2.24) is 20.3 Å². The van der Waals surface area contributed by atoms with Gasteiger partial charge in [-0.1, -0.05) is 24.3 Å². The molecule has 2 aromatic rings. The number of nitrogens with zero attached hydrogens (tertiary/aromatic N) is 4. The van der Waals surface area contributed by atoms with E-state index in [2.05, 4.69) is 9.88 Å². The number of nitrogens with one attached hydrogen (secondary N) is 1. The van der Waals surface area contributed by atoms with Crippen molar-refractivity contribution in [3.8, 4) is 5.88 Å². The minimum absolute atomic E-state index is 0.0266. The van der Waals surface area contributed by atoms with Gasteiger partial charge in [0.25, 0.3) is 0 Å². The molecule has 1 aromatic heterocycles. The van der Waals surface area contributed by atoms with Gasteiger partial charge in [-0.2, -0.15) is 0 Å². The maximum atomic E-state index is 13.7. The van der Waals surface area contributed by atoms with Crippen LogP contribution in [0.25, 0.3) is 0 Å². The van der Waals surface area contributed by atoms with E-state index in [0.717, 1.165) is 5.69 Å². The molecule has 186 valence electrons. The van der Waals surface area contributed by atoms with Crippen molar-refractivity contribution in [3.63, 3.8) is 0 Å². The van der Waals surface area contributed by atoms with E-state index in [1.807, 2.05) is 30.3 Å². The molecule has 3 heterocycles. The van der Waals surface area contributed by atoms with Crippen molar-refractivity contribution in [2.45, 2.75) is 18.6 Å². The number of amides is 3. The van der Waals surface area contributed by atoms with Crippen molar-refractivity contribution in [2.75, 3.05) is 44.7 Å². The number of benzene rings is 1. The van der Waals surface area contributed by atoms with E-state index >= 15 is 0 Å². The van der Waals surface area contributed by atoms with Gasteiger partial charge in [0.05, 0.1) is 19.6 Å². The summed E-state index contributed by atoms with van der Waals surface area (Å²) in [6.45, 7) is 2.12. The third kappa shape index (κ3) is 5.46. The summed E-state index contributed by atoms with van der Waals surface area (Å²) >= 11 is 0. The van der Waals surface area contributed by atoms with Crippen LogP contribution in [0.2, 0.25) is 0 Å². The number of anilines is 1. The first kappa shape index (κ1) is 24.3. The van der Waals surface area contributed by atoms with Crippen molar-refractivity contribution in [3.05, 3.63) is 54.7 Å². The fraction of sp³-hybridized carbons (Fsp3) is 0.417. The molecule has 1 aromatic carbocycles. The Morgan fingerprint density at radius 3 is 2.37 bits per heavy atom. The van der Waals surface area contributed by atoms with Crippen LogP contribution < -0.4 is 15.1 Å². The Labute approximate surface area is 203 Å². The molecular formula is C24H29N5O6. The summed E-state index contributed by atoms with van der Waals surface area (Å²) in [5, 5.41) is 9.40. The molecule has 0 unspecified atom stereocenters. The van der Waals surface area contributed by atoms with Crippen molar-refractivity contribution in [1.29, 1.82) is 0 Å². The molecule has 0 radical (unpaired) electrons. The van der Waals surface area contributed by atoms with E-state index in [4.69, 9.17) is 9.47 Å². The van der Waals surface area contributed by atoms with Gasteiger partial charge in [-0.25, -0.2) is 15.3 Å². The highest BCUT2D eigenvalue weighted by Gasteiger charge is 2.49. The summed E-state index contributed by atoms with van der Waals surface area (Å²) < 4.78 is 10.8. The normalized spacial score (nSPS) is 22.3. The Balaban J connectivity index is 1.53. The Morgan fingerprint density at radius 1 is 1.03 bits per heavy atom. The van der Waals surface area contributed by atoms with Crippen LogP contribution in [0, 0.1) is 5.92 Å². The van der Waals surface area contributed by atoms with Crippen LogP contribution in [0.4, 0.5) is 10.5 Å².